The standard InChI is InChI=1S/C22H40N4O5S/c1-6-14(4)18(23)21(29)26-10-7-8-17(26)20(28)24-15(9-11-32-5)19(27)25-16(22(30)31)12-13(2)3/h13-18H,6-12,23H2,1-5H3,(H,24,28)(H,25,27)(H,30,31). The smallest absolute Gasteiger partial charge is 0.326 e. The number of hydrogen-bond donors (Lipinski definition) is 4. The molecule has 5 N–H and O–H groups in total. The molecule has 0 aromatic carbocycles. The Labute approximate surface area is 195 Å². The summed E-state index contributed by atoms with van der Waals surface area (Å²) in [6.45, 7) is 8.09. The van der Waals surface area contributed by atoms with Crippen molar-refractivity contribution in [3.63, 3.8) is 0 Å². The normalized spacial score (nSPS) is 19.8. The third-order valence-electron chi connectivity index (χ3n) is 5.95. The van der Waals surface area contributed by atoms with Gasteiger partial charge in [-0.25, -0.2) is 4.79 Å². The number of carbonyl (C=O) groups excluding carboxylic acids is 3. The van der Waals surface area contributed by atoms with E-state index in [0.29, 0.717) is 38.0 Å². The number of amides is 3. The number of carbonyl (C=O) groups is 4. The first-order valence-corrected chi connectivity index (χ1v) is 12.8. The molecule has 0 saturated carbocycles. The lowest BCUT2D eigenvalue weighted by molar-refractivity contribution is -0.143. The molecule has 5 atom stereocenters. The Morgan fingerprint density at radius 2 is 1.81 bits per heavy atom. The molecule has 9 nitrogen and oxygen atoms in total. The van der Waals surface area contributed by atoms with E-state index in [1.807, 2.05) is 34.0 Å². The minimum atomic E-state index is -1.10. The van der Waals surface area contributed by atoms with Gasteiger partial charge in [0.1, 0.15) is 18.1 Å². The molecule has 5 unspecified atom stereocenters. The largest absolute Gasteiger partial charge is 0.480 e. The zero-order valence-electron chi connectivity index (χ0n) is 19.9. The summed E-state index contributed by atoms with van der Waals surface area (Å²) >= 11 is 1.53. The highest BCUT2D eigenvalue weighted by atomic mass is 32.2. The van der Waals surface area contributed by atoms with Crippen LogP contribution in [0, 0.1) is 11.8 Å². The maximum Gasteiger partial charge on any atom is 0.326 e. The summed E-state index contributed by atoms with van der Waals surface area (Å²) < 4.78 is 0. The fourth-order valence-corrected chi connectivity index (χ4v) is 4.20. The van der Waals surface area contributed by atoms with Gasteiger partial charge in [0.2, 0.25) is 17.7 Å². The Kier molecular flexibility index (Phi) is 12.1. The Balaban J connectivity index is 2.90. The molecule has 0 bridgehead atoms. The van der Waals surface area contributed by atoms with Gasteiger partial charge in [-0.1, -0.05) is 34.1 Å². The molecule has 0 aliphatic carbocycles. The van der Waals surface area contributed by atoms with Crippen LogP contribution >= 0.6 is 11.8 Å². The lowest BCUT2D eigenvalue weighted by atomic mass is 9.98. The molecule has 184 valence electrons. The molecule has 1 rings (SSSR count). The molecule has 1 aliphatic heterocycles. The van der Waals surface area contributed by atoms with Crippen molar-refractivity contribution in [2.45, 2.75) is 84.0 Å². The molecule has 32 heavy (non-hydrogen) atoms. The number of hydrogen-bond acceptors (Lipinski definition) is 6. The van der Waals surface area contributed by atoms with Crippen molar-refractivity contribution in [3.8, 4) is 0 Å². The van der Waals surface area contributed by atoms with Crippen molar-refractivity contribution in [2.24, 2.45) is 17.6 Å². The number of nitrogens with two attached hydrogens (primary N) is 1. The number of likely N-dealkylation sites (tertiary alicyclic amines) is 1. The first-order valence-electron chi connectivity index (χ1n) is 11.4. The van der Waals surface area contributed by atoms with Gasteiger partial charge in [0.25, 0.3) is 0 Å². The fraction of sp³-hybridized carbons (Fsp3) is 0.818. The van der Waals surface area contributed by atoms with Crippen LogP contribution in [-0.2, 0) is 19.2 Å². The second kappa shape index (κ2) is 13.7. The number of nitrogens with zero attached hydrogens (tertiary/aromatic N) is 1. The number of thioether (sulfide) groups is 1. The molecule has 1 fully saturated rings. The van der Waals surface area contributed by atoms with Gasteiger partial charge in [-0.2, -0.15) is 11.8 Å². The van der Waals surface area contributed by atoms with Gasteiger partial charge in [0, 0.05) is 6.54 Å². The summed E-state index contributed by atoms with van der Waals surface area (Å²) in [5.41, 5.74) is 6.11. The average molecular weight is 473 g/mol. The molecule has 1 aliphatic rings. The van der Waals surface area contributed by atoms with Gasteiger partial charge in [-0.3, -0.25) is 14.4 Å². The van der Waals surface area contributed by atoms with Crippen molar-refractivity contribution >= 4 is 35.5 Å². The molecule has 1 saturated heterocycles. The van der Waals surface area contributed by atoms with E-state index >= 15 is 0 Å². The van der Waals surface area contributed by atoms with Gasteiger partial charge in [-0.05, 0) is 49.5 Å². The minimum Gasteiger partial charge on any atom is -0.480 e. The van der Waals surface area contributed by atoms with Gasteiger partial charge in [0.05, 0.1) is 6.04 Å². The Hall–Kier alpha value is -1.81. The summed E-state index contributed by atoms with van der Waals surface area (Å²) in [7, 11) is 0. The number of carboxylic acid groups (broad SMARTS) is 1. The SMILES string of the molecule is CCC(C)C(N)C(=O)N1CCCC1C(=O)NC(CCSC)C(=O)NC(CC(C)C)C(=O)O. The predicted octanol–water partition coefficient (Wildman–Crippen LogP) is 1.20. The first-order chi connectivity index (χ1) is 15.0. The number of aliphatic carboxylic acids is 1. The lowest BCUT2D eigenvalue weighted by Gasteiger charge is -2.30. The van der Waals surface area contributed by atoms with Crippen LogP contribution in [0.15, 0.2) is 0 Å². The third kappa shape index (κ3) is 8.27. The van der Waals surface area contributed by atoms with Crippen LogP contribution in [0.3, 0.4) is 0 Å². The molecule has 1 heterocycles. The molecule has 10 heteroatoms. The molecular weight excluding hydrogens is 432 g/mol. The zero-order chi connectivity index (χ0) is 24.4. The second-order valence-electron chi connectivity index (χ2n) is 8.97. The summed E-state index contributed by atoms with van der Waals surface area (Å²) in [6.07, 6.45) is 4.50. The van der Waals surface area contributed by atoms with Crippen LogP contribution in [0.5, 0.6) is 0 Å². The Bertz CT molecular complexity index is 660. The Morgan fingerprint density at radius 3 is 2.34 bits per heavy atom. The number of nitrogens with one attached hydrogen (secondary N) is 2. The van der Waals surface area contributed by atoms with Gasteiger partial charge >= 0.3 is 5.97 Å². The van der Waals surface area contributed by atoms with E-state index in [4.69, 9.17) is 5.73 Å². The number of rotatable bonds is 13. The van der Waals surface area contributed by atoms with E-state index in [2.05, 4.69) is 10.6 Å². The first kappa shape index (κ1) is 28.2. The molecular formula is C22H40N4O5S. The van der Waals surface area contributed by atoms with E-state index in [9.17, 15) is 24.3 Å². The zero-order valence-corrected chi connectivity index (χ0v) is 20.7. The average Bonchev–Trinajstić information content (AvgIpc) is 3.23. The minimum absolute atomic E-state index is 0.000765. The summed E-state index contributed by atoms with van der Waals surface area (Å²) in [5.74, 6) is -1.56. The Morgan fingerprint density at radius 1 is 1.16 bits per heavy atom. The van der Waals surface area contributed by atoms with E-state index in [1.165, 1.54) is 16.7 Å². The van der Waals surface area contributed by atoms with Crippen molar-refractivity contribution < 1.29 is 24.3 Å². The lowest BCUT2D eigenvalue weighted by Crippen LogP contribution is -2.57. The predicted molar refractivity (Wildman–Crippen MR) is 126 cm³/mol. The molecule has 0 radical (unpaired) electrons. The highest BCUT2D eigenvalue weighted by Gasteiger charge is 2.38. The maximum atomic E-state index is 13.0. The van der Waals surface area contributed by atoms with E-state index in [1.54, 1.807) is 0 Å². The highest BCUT2D eigenvalue weighted by molar-refractivity contribution is 7.98. The van der Waals surface area contributed by atoms with E-state index in [0.717, 1.165) is 6.42 Å². The summed E-state index contributed by atoms with van der Waals surface area (Å²) in [4.78, 5) is 51.8. The van der Waals surface area contributed by atoms with Gasteiger partial charge in [0.15, 0.2) is 0 Å². The van der Waals surface area contributed by atoms with Gasteiger partial charge < -0.3 is 26.4 Å². The van der Waals surface area contributed by atoms with E-state index in [-0.39, 0.29) is 17.7 Å². The third-order valence-corrected chi connectivity index (χ3v) is 6.59. The van der Waals surface area contributed by atoms with E-state index < -0.39 is 42.0 Å². The monoisotopic (exact) mass is 472 g/mol. The van der Waals surface area contributed by atoms with Crippen LogP contribution in [0.25, 0.3) is 0 Å². The molecule has 0 spiro atoms. The fourth-order valence-electron chi connectivity index (χ4n) is 3.73. The highest BCUT2D eigenvalue weighted by Crippen LogP contribution is 2.21. The van der Waals surface area contributed by atoms with Crippen molar-refractivity contribution in [2.75, 3.05) is 18.6 Å². The second-order valence-corrected chi connectivity index (χ2v) is 9.96. The number of carboxylic acids is 1. The molecule has 0 aromatic heterocycles. The van der Waals surface area contributed by atoms with Gasteiger partial charge in [-0.15, -0.1) is 0 Å². The summed E-state index contributed by atoms with van der Waals surface area (Å²) in [5, 5.41) is 14.8. The molecule has 3 amide bonds. The van der Waals surface area contributed by atoms with Crippen molar-refractivity contribution in [1.82, 2.24) is 15.5 Å². The summed E-state index contributed by atoms with van der Waals surface area (Å²) in [6, 6.07) is -3.23. The maximum absolute atomic E-state index is 13.0. The molecule has 0 aromatic rings. The topological polar surface area (TPSA) is 142 Å². The van der Waals surface area contributed by atoms with Crippen molar-refractivity contribution in [3.05, 3.63) is 0 Å². The van der Waals surface area contributed by atoms with Crippen LogP contribution in [0.1, 0.15) is 59.8 Å². The van der Waals surface area contributed by atoms with Crippen molar-refractivity contribution in [1.29, 1.82) is 0 Å². The van der Waals surface area contributed by atoms with Crippen LogP contribution in [0.2, 0.25) is 0 Å². The van der Waals surface area contributed by atoms with Crippen LogP contribution in [0.4, 0.5) is 0 Å². The quantitative estimate of drug-likeness (QED) is 0.315. The van der Waals surface area contributed by atoms with Crippen LogP contribution < -0.4 is 16.4 Å². The van der Waals surface area contributed by atoms with Crippen LogP contribution in [-0.4, -0.2) is 76.4 Å².